The lowest BCUT2D eigenvalue weighted by atomic mass is 10.1. The lowest BCUT2D eigenvalue weighted by Gasteiger charge is -2.34. The van der Waals surface area contributed by atoms with Crippen LogP contribution in [-0.4, -0.2) is 41.1 Å². The van der Waals surface area contributed by atoms with Crippen LogP contribution in [0.5, 0.6) is 0 Å². The van der Waals surface area contributed by atoms with Crippen molar-refractivity contribution in [2.45, 2.75) is 29.9 Å². The summed E-state index contributed by atoms with van der Waals surface area (Å²) in [5.74, 6) is -0.277. The molecule has 0 spiro atoms. The standard InChI is InChI=1S/C24H25FN4O2S/c1-17-13-24-18(15-26-29(24)20-5-3-19(25)4-6-20)14-23(17)28-11-8-21(9-12-28)32(30,31)22-7-10-27(2)16-22/h3-7,10,13-16,21H,8-9,11-12H2,1-2H3. The largest absolute Gasteiger partial charge is 0.371 e. The molecule has 32 heavy (non-hydrogen) atoms. The highest BCUT2D eigenvalue weighted by molar-refractivity contribution is 7.92. The second kappa shape index (κ2) is 7.78. The minimum Gasteiger partial charge on any atom is -0.371 e. The van der Waals surface area contributed by atoms with Gasteiger partial charge in [0.15, 0.2) is 9.84 Å². The topological polar surface area (TPSA) is 60.1 Å². The van der Waals surface area contributed by atoms with E-state index in [1.165, 1.54) is 12.1 Å². The van der Waals surface area contributed by atoms with Crippen LogP contribution in [0.2, 0.25) is 0 Å². The predicted octanol–water partition coefficient (Wildman–Crippen LogP) is 4.25. The molecule has 8 heteroatoms. The molecular weight excluding hydrogens is 427 g/mol. The third-order valence-electron chi connectivity index (χ3n) is 6.31. The molecule has 166 valence electrons. The van der Waals surface area contributed by atoms with Crippen molar-refractivity contribution in [1.29, 1.82) is 0 Å². The number of aromatic nitrogens is 3. The quantitative estimate of drug-likeness (QED) is 0.464. The molecule has 0 bridgehead atoms. The number of sulfone groups is 1. The fourth-order valence-electron chi connectivity index (χ4n) is 4.54. The molecular formula is C24H25FN4O2S. The summed E-state index contributed by atoms with van der Waals surface area (Å²) in [7, 11) is -1.48. The Bertz CT molecular complexity index is 1380. The van der Waals surface area contributed by atoms with Crippen molar-refractivity contribution in [3.05, 3.63) is 72.4 Å². The van der Waals surface area contributed by atoms with E-state index in [0.717, 1.165) is 27.8 Å². The van der Waals surface area contributed by atoms with Gasteiger partial charge in [0.05, 0.1) is 27.5 Å². The van der Waals surface area contributed by atoms with Gasteiger partial charge >= 0.3 is 0 Å². The smallest absolute Gasteiger partial charge is 0.182 e. The number of aryl methyl sites for hydroxylation is 2. The van der Waals surface area contributed by atoms with E-state index in [9.17, 15) is 12.8 Å². The fourth-order valence-corrected chi connectivity index (χ4v) is 6.32. The molecule has 0 unspecified atom stereocenters. The number of benzene rings is 2. The van der Waals surface area contributed by atoms with E-state index in [4.69, 9.17) is 0 Å². The maximum atomic E-state index is 13.3. The van der Waals surface area contributed by atoms with Gasteiger partial charge in [-0.1, -0.05) is 0 Å². The van der Waals surface area contributed by atoms with Crippen LogP contribution in [0.15, 0.2) is 66.0 Å². The van der Waals surface area contributed by atoms with Crippen LogP contribution in [0, 0.1) is 12.7 Å². The van der Waals surface area contributed by atoms with E-state index in [0.29, 0.717) is 30.8 Å². The van der Waals surface area contributed by atoms with E-state index in [1.807, 2.05) is 17.9 Å². The molecule has 5 rings (SSSR count). The number of rotatable bonds is 4. The summed E-state index contributed by atoms with van der Waals surface area (Å²) in [5.41, 5.74) is 3.97. The molecule has 6 nitrogen and oxygen atoms in total. The Morgan fingerprint density at radius 3 is 2.44 bits per heavy atom. The van der Waals surface area contributed by atoms with Gasteiger partial charge in [-0.15, -0.1) is 0 Å². The molecule has 0 aliphatic carbocycles. The average molecular weight is 453 g/mol. The molecule has 2 aromatic carbocycles. The lowest BCUT2D eigenvalue weighted by molar-refractivity contribution is 0.529. The highest BCUT2D eigenvalue weighted by Crippen LogP contribution is 2.32. The molecule has 1 aliphatic heterocycles. The first-order chi connectivity index (χ1) is 15.3. The van der Waals surface area contributed by atoms with Crippen molar-refractivity contribution in [3.63, 3.8) is 0 Å². The molecule has 1 saturated heterocycles. The summed E-state index contributed by atoms with van der Waals surface area (Å²) in [4.78, 5) is 2.67. The molecule has 0 saturated carbocycles. The van der Waals surface area contributed by atoms with Gasteiger partial charge in [-0.05, 0) is 67.8 Å². The van der Waals surface area contributed by atoms with Crippen LogP contribution >= 0.6 is 0 Å². The number of fused-ring (bicyclic) bond motifs is 1. The van der Waals surface area contributed by atoms with E-state index in [-0.39, 0.29) is 11.1 Å². The van der Waals surface area contributed by atoms with Gasteiger partial charge in [0.25, 0.3) is 0 Å². The Hall–Kier alpha value is -3.13. The molecule has 0 amide bonds. The number of hydrogen-bond donors (Lipinski definition) is 0. The number of halogens is 1. The summed E-state index contributed by atoms with van der Waals surface area (Å²) in [6.07, 6.45) is 6.46. The highest BCUT2D eigenvalue weighted by atomic mass is 32.2. The Labute approximate surface area is 186 Å². The van der Waals surface area contributed by atoms with E-state index < -0.39 is 9.84 Å². The monoisotopic (exact) mass is 452 g/mol. The van der Waals surface area contributed by atoms with Crippen LogP contribution in [0.25, 0.3) is 16.6 Å². The van der Waals surface area contributed by atoms with Gasteiger partial charge in [-0.25, -0.2) is 17.5 Å². The Kier molecular flexibility index (Phi) is 5.04. The Morgan fingerprint density at radius 2 is 1.78 bits per heavy atom. The number of hydrogen-bond acceptors (Lipinski definition) is 4. The average Bonchev–Trinajstić information content (AvgIpc) is 3.40. The first-order valence-corrected chi connectivity index (χ1v) is 12.2. The number of nitrogens with zero attached hydrogens (tertiary/aromatic N) is 4. The maximum Gasteiger partial charge on any atom is 0.182 e. The van der Waals surface area contributed by atoms with Crippen LogP contribution in [0.3, 0.4) is 0 Å². The van der Waals surface area contributed by atoms with Crippen molar-refractivity contribution in [2.75, 3.05) is 18.0 Å². The maximum absolute atomic E-state index is 13.3. The molecule has 3 heterocycles. The first-order valence-electron chi connectivity index (χ1n) is 10.7. The van der Waals surface area contributed by atoms with Gasteiger partial charge in [-0.3, -0.25) is 0 Å². The minimum atomic E-state index is -3.31. The van der Waals surface area contributed by atoms with Gasteiger partial charge in [0.2, 0.25) is 0 Å². The lowest BCUT2D eigenvalue weighted by Crippen LogP contribution is -2.39. The van der Waals surface area contributed by atoms with Gasteiger partial charge in [0, 0.05) is 43.6 Å². The third kappa shape index (κ3) is 3.58. The molecule has 0 radical (unpaired) electrons. The van der Waals surface area contributed by atoms with E-state index in [1.54, 1.807) is 35.2 Å². The zero-order valence-electron chi connectivity index (χ0n) is 18.1. The van der Waals surface area contributed by atoms with Gasteiger partial charge in [0.1, 0.15) is 5.82 Å². The fraction of sp³-hybridized carbons (Fsp3) is 0.292. The third-order valence-corrected chi connectivity index (χ3v) is 8.56. The summed E-state index contributed by atoms with van der Waals surface area (Å²) in [5, 5.41) is 5.14. The second-order valence-corrected chi connectivity index (χ2v) is 10.7. The van der Waals surface area contributed by atoms with Crippen molar-refractivity contribution < 1.29 is 12.8 Å². The summed E-state index contributed by atoms with van der Waals surface area (Å²) >= 11 is 0. The van der Waals surface area contributed by atoms with Crippen molar-refractivity contribution in [1.82, 2.24) is 14.3 Å². The molecule has 0 N–H and O–H groups in total. The van der Waals surface area contributed by atoms with Crippen LogP contribution in [0.4, 0.5) is 10.1 Å². The summed E-state index contributed by atoms with van der Waals surface area (Å²) < 4.78 is 42.8. The van der Waals surface area contributed by atoms with Gasteiger partial charge < -0.3 is 9.47 Å². The van der Waals surface area contributed by atoms with E-state index >= 15 is 0 Å². The zero-order chi connectivity index (χ0) is 22.5. The second-order valence-electron chi connectivity index (χ2n) is 8.47. The molecule has 1 aliphatic rings. The van der Waals surface area contributed by atoms with Crippen molar-refractivity contribution in [2.24, 2.45) is 7.05 Å². The Morgan fingerprint density at radius 1 is 1.06 bits per heavy atom. The molecule has 4 aromatic rings. The zero-order valence-corrected chi connectivity index (χ0v) is 18.9. The summed E-state index contributed by atoms with van der Waals surface area (Å²) in [6, 6.07) is 12.2. The Balaban J connectivity index is 1.38. The predicted molar refractivity (Wildman–Crippen MR) is 124 cm³/mol. The van der Waals surface area contributed by atoms with Gasteiger partial charge in [-0.2, -0.15) is 5.10 Å². The molecule has 1 fully saturated rings. The van der Waals surface area contributed by atoms with Crippen LogP contribution in [0.1, 0.15) is 18.4 Å². The van der Waals surface area contributed by atoms with Crippen molar-refractivity contribution >= 4 is 26.4 Å². The molecule has 2 aromatic heterocycles. The number of anilines is 1. The highest BCUT2D eigenvalue weighted by Gasteiger charge is 2.32. The minimum absolute atomic E-state index is 0.277. The number of piperidine rings is 1. The molecule has 0 atom stereocenters. The summed E-state index contributed by atoms with van der Waals surface area (Å²) in [6.45, 7) is 3.44. The normalized spacial score (nSPS) is 15.5. The SMILES string of the molecule is Cc1cc2c(cnn2-c2ccc(F)cc2)cc1N1CCC(S(=O)(=O)c2ccn(C)c2)CC1. The van der Waals surface area contributed by atoms with Crippen molar-refractivity contribution in [3.8, 4) is 5.69 Å². The first kappa shape index (κ1) is 20.8. The van der Waals surface area contributed by atoms with Crippen LogP contribution < -0.4 is 4.90 Å². The van der Waals surface area contributed by atoms with Crippen LogP contribution in [-0.2, 0) is 16.9 Å². The van der Waals surface area contributed by atoms with E-state index in [2.05, 4.69) is 29.1 Å².